The van der Waals surface area contributed by atoms with Crippen LogP contribution in [0.4, 0.5) is 10.1 Å². The minimum absolute atomic E-state index is 0.144. The molecule has 1 N–H and O–H groups in total. The molecule has 1 saturated heterocycles. The number of halogens is 1. The third kappa shape index (κ3) is 3.19. The lowest BCUT2D eigenvalue weighted by Gasteiger charge is -2.20. The summed E-state index contributed by atoms with van der Waals surface area (Å²) in [5.74, 6) is 0.579. The molecule has 0 amide bonds. The Kier molecular flexibility index (Phi) is 4.00. The molecule has 1 fully saturated rings. The van der Waals surface area contributed by atoms with Crippen molar-refractivity contribution in [3.63, 3.8) is 0 Å². The average molecular weight is 236 g/mol. The minimum atomic E-state index is -0.144. The van der Waals surface area contributed by atoms with Gasteiger partial charge in [0.1, 0.15) is 5.82 Å². The first-order chi connectivity index (χ1) is 8.19. The Balaban J connectivity index is 1.93. The topological polar surface area (TPSA) is 15.3 Å². The van der Waals surface area contributed by atoms with Crippen molar-refractivity contribution in [2.45, 2.75) is 25.8 Å². The Labute approximate surface area is 103 Å². The SMILES string of the molecule is CNC(C)CC1CCN(c2cccc(F)c2)C1. The fraction of sp³-hybridized carbons (Fsp3) is 0.571. The monoisotopic (exact) mass is 236 g/mol. The van der Waals surface area contributed by atoms with E-state index >= 15 is 0 Å². The summed E-state index contributed by atoms with van der Waals surface area (Å²) in [7, 11) is 2.00. The molecule has 0 aliphatic carbocycles. The zero-order valence-electron chi connectivity index (χ0n) is 10.6. The van der Waals surface area contributed by atoms with Gasteiger partial charge in [0.25, 0.3) is 0 Å². The van der Waals surface area contributed by atoms with Crippen molar-refractivity contribution >= 4 is 5.69 Å². The highest BCUT2D eigenvalue weighted by molar-refractivity contribution is 5.47. The maximum absolute atomic E-state index is 13.1. The van der Waals surface area contributed by atoms with Gasteiger partial charge in [-0.1, -0.05) is 6.07 Å². The second kappa shape index (κ2) is 5.50. The average Bonchev–Trinajstić information content (AvgIpc) is 2.77. The van der Waals surface area contributed by atoms with Crippen molar-refractivity contribution in [2.24, 2.45) is 5.92 Å². The molecule has 1 aliphatic rings. The summed E-state index contributed by atoms with van der Waals surface area (Å²) in [5, 5.41) is 3.28. The molecule has 1 aromatic rings. The first-order valence-corrected chi connectivity index (χ1v) is 6.37. The van der Waals surface area contributed by atoms with Crippen LogP contribution in [0.3, 0.4) is 0 Å². The van der Waals surface area contributed by atoms with Crippen molar-refractivity contribution in [2.75, 3.05) is 25.0 Å². The standard InChI is InChI=1S/C14H21FN2/c1-11(16-2)8-12-6-7-17(10-12)14-5-3-4-13(15)9-14/h3-5,9,11-12,16H,6-8,10H2,1-2H3. The summed E-state index contributed by atoms with van der Waals surface area (Å²) >= 11 is 0. The number of nitrogens with one attached hydrogen (secondary N) is 1. The highest BCUT2D eigenvalue weighted by Crippen LogP contribution is 2.26. The minimum Gasteiger partial charge on any atom is -0.371 e. The summed E-state index contributed by atoms with van der Waals surface area (Å²) < 4.78 is 13.1. The van der Waals surface area contributed by atoms with E-state index in [1.807, 2.05) is 13.1 Å². The lowest BCUT2D eigenvalue weighted by Crippen LogP contribution is -2.26. The second-order valence-corrected chi connectivity index (χ2v) is 5.01. The molecule has 94 valence electrons. The lowest BCUT2D eigenvalue weighted by molar-refractivity contribution is 0.444. The zero-order valence-corrected chi connectivity index (χ0v) is 10.6. The van der Waals surface area contributed by atoms with Crippen LogP contribution in [0.1, 0.15) is 19.8 Å². The molecule has 17 heavy (non-hydrogen) atoms. The van der Waals surface area contributed by atoms with Gasteiger partial charge >= 0.3 is 0 Å². The normalized spacial score (nSPS) is 21.8. The smallest absolute Gasteiger partial charge is 0.125 e. The van der Waals surface area contributed by atoms with Crippen LogP contribution in [-0.4, -0.2) is 26.2 Å². The van der Waals surface area contributed by atoms with Gasteiger partial charge in [-0.25, -0.2) is 4.39 Å². The van der Waals surface area contributed by atoms with Crippen LogP contribution in [0, 0.1) is 11.7 Å². The molecule has 2 atom stereocenters. The molecule has 0 spiro atoms. The third-order valence-corrected chi connectivity index (χ3v) is 3.64. The van der Waals surface area contributed by atoms with Gasteiger partial charge in [-0.2, -0.15) is 0 Å². The number of hydrogen-bond donors (Lipinski definition) is 1. The Morgan fingerprint density at radius 3 is 3.06 bits per heavy atom. The van der Waals surface area contributed by atoms with Crippen LogP contribution < -0.4 is 10.2 Å². The van der Waals surface area contributed by atoms with E-state index in [2.05, 4.69) is 17.1 Å². The molecule has 0 aromatic heterocycles. The Morgan fingerprint density at radius 1 is 1.53 bits per heavy atom. The van der Waals surface area contributed by atoms with Gasteiger partial charge < -0.3 is 10.2 Å². The van der Waals surface area contributed by atoms with Gasteiger partial charge in [0.2, 0.25) is 0 Å². The maximum atomic E-state index is 13.1. The summed E-state index contributed by atoms with van der Waals surface area (Å²) in [4.78, 5) is 2.29. The number of rotatable bonds is 4. The van der Waals surface area contributed by atoms with E-state index in [4.69, 9.17) is 0 Å². The summed E-state index contributed by atoms with van der Waals surface area (Å²) in [5.41, 5.74) is 1.02. The number of benzene rings is 1. The highest BCUT2D eigenvalue weighted by atomic mass is 19.1. The van der Waals surface area contributed by atoms with Gasteiger partial charge in [0.05, 0.1) is 0 Å². The molecule has 0 saturated carbocycles. The summed E-state index contributed by atoms with van der Waals surface area (Å²) in [6, 6.07) is 7.47. The number of anilines is 1. The molecule has 0 radical (unpaired) electrons. The van der Waals surface area contributed by atoms with Gasteiger partial charge in [-0.05, 0) is 50.9 Å². The first kappa shape index (κ1) is 12.4. The molecule has 2 rings (SSSR count). The van der Waals surface area contributed by atoms with Gasteiger partial charge in [-0.15, -0.1) is 0 Å². The van der Waals surface area contributed by atoms with E-state index in [-0.39, 0.29) is 5.82 Å². The van der Waals surface area contributed by atoms with E-state index in [0.29, 0.717) is 6.04 Å². The Hall–Kier alpha value is -1.09. The van der Waals surface area contributed by atoms with Crippen molar-refractivity contribution in [3.05, 3.63) is 30.1 Å². The molecular formula is C14H21FN2. The van der Waals surface area contributed by atoms with Crippen LogP contribution in [0.25, 0.3) is 0 Å². The predicted octanol–water partition coefficient (Wildman–Crippen LogP) is 2.65. The van der Waals surface area contributed by atoms with Crippen LogP contribution in [0.2, 0.25) is 0 Å². The molecule has 3 heteroatoms. The van der Waals surface area contributed by atoms with Gasteiger partial charge in [-0.3, -0.25) is 0 Å². The zero-order chi connectivity index (χ0) is 12.3. The van der Waals surface area contributed by atoms with Crippen LogP contribution in [0.15, 0.2) is 24.3 Å². The second-order valence-electron chi connectivity index (χ2n) is 5.01. The maximum Gasteiger partial charge on any atom is 0.125 e. The van der Waals surface area contributed by atoms with Crippen molar-refractivity contribution in [1.82, 2.24) is 5.32 Å². The van der Waals surface area contributed by atoms with E-state index < -0.39 is 0 Å². The molecule has 2 nitrogen and oxygen atoms in total. The summed E-state index contributed by atoms with van der Waals surface area (Å²) in [6.07, 6.45) is 2.41. The molecular weight excluding hydrogens is 215 g/mol. The van der Waals surface area contributed by atoms with Crippen molar-refractivity contribution < 1.29 is 4.39 Å². The van der Waals surface area contributed by atoms with E-state index in [0.717, 1.165) is 24.7 Å². The Morgan fingerprint density at radius 2 is 2.35 bits per heavy atom. The molecule has 1 aliphatic heterocycles. The molecule has 2 unspecified atom stereocenters. The van der Waals surface area contributed by atoms with Gasteiger partial charge in [0, 0.05) is 24.8 Å². The van der Waals surface area contributed by atoms with Crippen LogP contribution >= 0.6 is 0 Å². The third-order valence-electron chi connectivity index (χ3n) is 3.64. The summed E-state index contributed by atoms with van der Waals surface area (Å²) in [6.45, 7) is 4.31. The fourth-order valence-electron chi connectivity index (χ4n) is 2.55. The molecule has 1 aromatic carbocycles. The quantitative estimate of drug-likeness (QED) is 0.864. The van der Waals surface area contributed by atoms with E-state index in [9.17, 15) is 4.39 Å². The van der Waals surface area contributed by atoms with E-state index in [1.165, 1.54) is 18.9 Å². The lowest BCUT2D eigenvalue weighted by atomic mass is 10.0. The number of hydrogen-bond acceptors (Lipinski definition) is 2. The molecule has 1 heterocycles. The van der Waals surface area contributed by atoms with Crippen LogP contribution in [-0.2, 0) is 0 Å². The largest absolute Gasteiger partial charge is 0.371 e. The van der Waals surface area contributed by atoms with Crippen LogP contribution in [0.5, 0.6) is 0 Å². The highest BCUT2D eigenvalue weighted by Gasteiger charge is 2.23. The fourth-order valence-corrected chi connectivity index (χ4v) is 2.55. The van der Waals surface area contributed by atoms with E-state index in [1.54, 1.807) is 12.1 Å². The predicted molar refractivity (Wildman–Crippen MR) is 69.9 cm³/mol. The first-order valence-electron chi connectivity index (χ1n) is 6.37. The van der Waals surface area contributed by atoms with Crippen molar-refractivity contribution in [3.8, 4) is 0 Å². The molecule has 0 bridgehead atoms. The Bertz CT molecular complexity index is 367. The van der Waals surface area contributed by atoms with Gasteiger partial charge in [0.15, 0.2) is 0 Å². The van der Waals surface area contributed by atoms with Crippen molar-refractivity contribution in [1.29, 1.82) is 0 Å². The number of nitrogens with zero attached hydrogens (tertiary/aromatic N) is 1.